The Morgan fingerprint density at radius 3 is 1.36 bits per heavy atom. The Morgan fingerprint density at radius 1 is 0.773 bits per heavy atom. The molecule has 0 aromatic heterocycles. The van der Waals surface area contributed by atoms with Gasteiger partial charge in [0, 0.05) is 30.4 Å². The third-order valence-electron chi connectivity index (χ3n) is 2.72. The molecule has 0 fully saturated rings. The maximum Gasteiger partial charge on any atom is 0.285 e. The molecule has 0 radical (unpaired) electrons. The van der Waals surface area contributed by atoms with Crippen LogP contribution in [-0.4, -0.2) is 9.85 Å². The Bertz CT molecular complexity index is 747. The highest BCUT2D eigenvalue weighted by Gasteiger charge is 2.23. The summed E-state index contributed by atoms with van der Waals surface area (Å²) in [5.74, 6) is 0. The lowest BCUT2D eigenvalue weighted by Gasteiger charge is -2.10. The normalized spacial score (nSPS) is 10.5. The average molecular weight is 654 g/mol. The summed E-state index contributed by atoms with van der Waals surface area (Å²) in [6, 6.07) is 6.34. The van der Waals surface area contributed by atoms with E-state index in [4.69, 9.17) is 0 Å². The molecule has 2 rings (SSSR count). The molecule has 0 aliphatic rings. The van der Waals surface area contributed by atoms with Crippen molar-refractivity contribution < 1.29 is 9.85 Å². The number of hydrogen-bond donors (Lipinski definition) is 0. The molecule has 0 heterocycles. The van der Waals surface area contributed by atoms with Crippen LogP contribution in [0.25, 0.3) is 11.1 Å². The van der Waals surface area contributed by atoms with Crippen molar-refractivity contribution in [3.05, 3.63) is 60.6 Å². The molecular weight excluding hydrogens is 650 g/mol. The highest BCUT2D eigenvalue weighted by molar-refractivity contribution is 14.1. The first-order valence-electron chi connectivity index (χ1n) is 5.49. The van der Waals surface area contributed by atoms with Crippen molar-refractivity contribution in [3.8, 4) is 11.1 Å². The minimum atomic E-state index is -0.494. The summed E-state index contributed by atoms with van der Waals surface area (Å²) < 4.78 is 1.90. The van der Waals surface area contributed by atoms with Gasteiger partial charge in [-0.1, -0.05) is 0 Å². The Labute approximate surface area is 168 Å². The van der Waals surface area contributed by atoms with Crippen LogP contribution in [0, 0.1) is 27.4 Å². The number of nitrogens with zero attached hydrogens (tertiary/aromatic N) is 2. The van der Waals surface area contributed by atoms with Crippen LogP contribution in [0.1, 0.15) is 0 Å². The van der Waals surface area contributed by atoms with E-state index in [0.717, 1.165) is 0 Å². The molecule has 0 N–H and O–H groups in total. The van der Waals surface area contributed by atoms with Gasteiger partial charge in [0.25, 0.3) is 11.4 Å². The monoisotopic (exact) mass is 652 g/mol. The van der Waals surface area contributed by atoms with E-state index >= 15 is 0 Å². The summed E-state index contributed by atoms with van der Waals surface area (Å²) in [7, 11) is 0. The van der Waals surface area contributed by atoms with Crippen LogP contribution >= 0.6 is 77.0 Å². The number of halogens is 4. The summed E-state index contributed by atoms with van der Waals surface area (Å²) in [4.78, 5) is 21.3. The van der Waals surface area contributed by atoms with E-state index in [-0.39, 0.29) is 20.3 Å². The van der Waals surface area contributed by atoms with Gasteiger partial charge in [0.2, 0.25) is 0 Å². The number of hydrogen-bond acceptors (Lipinski definition) is 4. The first kappa shape index (κ1) is 18.0. The van der Waals surface area contributed by atoms with Crippen molar-refractivity contribution >= 4 is 88.4 Å². The van der Waals surface area contributed by atoms with Crippen LogP contribution in [0.15, 0.2) is 33.2 Å². The quantitative estimate of drug-likeness (QED) is 0.235. The standard InChI is InChI=1S/C12H4Br2I2N2O4/c13-11-7(1-5(15)3-9(11)17(19)20)8-2-6(16)4-10(12(8)14)18(21)22/h1-4H. The molecule has 114 valence electrons. The van der Waals surface area contributed by atoms with Crippen molar-refractivity contribution in [1.29, 1.82) is 0 Å². The average Bonchev–Trinajstić information content (AvgIpc) is 2.42. The molecular formula is C12H4Br2I2N2O4. The summed E-state index contributed by atoms with van der Waals surface area (Å²) in [6.45, 7) is 0. The zero-order chi connectivity index (χ0) is 16.6. The van der Waals surface area contributed by atoms with E-state index in [9.17, 15) is 20.2 Å². The topological polar surface area (TPSA) is 86.3 Å². The molecule has 0 atom stereocenters. The Balaban J connectivity index is 2.83. The third-order valence-corrected chi connectivity index (χ3v) is 5.63. The Morgan fingerprint density at radius 2 is 1.09 bits per heavy atom. The lowest BCUT2D eigenvalue weighted by Crippen LogP contribution is -1.96. The van der Waals surface area contributed by atoms with Gasteiger partial charge in [-0.25, -0.2) is 0 Å². The fraction of sp³-hybridized carbons (Fsp3) is 0. The van der Waals surface area contributed by atoms with Crippen LogP contribution in [-0.2, 0) is 0 Å². The molecule has 10 heteroatoms. The molecule has 0 saturated carbocycles. The van der Waals surface area contributed by atoms with Crippen molar-refractivity contribution in [3.63, 3.8) is 0 Å². The molecule has 0 saturated heterocycles. The van der Waals surface area contributed by atoms with E-state index < -0.39 is 9.85 Å². The van der Waals surface area contributed by atoms with Gasteiger partial charge in [0.1, 0.15) is 8.95 Å². The van der Waals surface area contributed by atoms with Crippen molar-refractivity contribution in [2.75, 3.05) is 0 Å². The Hall–Kier alpha value is -0.340. The molecule has 2 aromatic rings. The predicted octanol–water partition coefficient (Wildman–Crippen LogP) is 5.90. The highest BCUT2D eigenvalue weighted by atomic mass is 127. The smallest absolute Gasteiger partial charge is 0.258 e. The van der Waals surface area contributed by atoms with Gasteiger partial charge in [-0.05, 0) is 89.2 Å². The van der Waals surface area contributed by atoms with E-state index in [1.165, 1.54) is 12.1 Å². The van der Waals surface area contributed by atoms with Gasteiger partial charge in [0.15, 0.2) is 0 Å². The summed E-state index contributed by atoms with van der Waals surface area (Å²) >= 11 is 10.4. The maximum atomic E-state index is 11.1. The zero-order valence-corrected chi connectivity index (χ0v) is 17.8. The highest BCUT2D eigenvalue weighted by Crippen LogP contribution is 2.43. The maximum absolute atomic E-state index is 11.1. The second kappa shape index (κ2) is 7.05. The van der Waals surface area contributed by atoms with Gasteiger partial charge >= 0.3 is 0 Å². The number of rotatable bonds is 3. The van der Waals surface area contributed by atoms with Crippen LogP contribution in [0.3, 0.4) is 0 Å². The molecule has 6 nitrogen and oxygen atoms in total. The number of nitro groups is 2. The van der Waals surface area contributed by atoms with Crippen LogP contribution in [0.5, 0.6) is 0 Å². The van der Waals surface area contributed by atoms with Crippen LogP contribution < -0.4 is 0 Å². The van der Waals surface area contributed by atoms with Gasteiger partial charge in [-0.15, -0.1) is 0 Å². The predicted molar refractivity (Wildman–Crippen MR) is 106 cm³/mol. The van der Waals surface area contributed by atoms with Gasteiger partial charge < -0.3 is 0 Å². The molecule has 0 unspecified atom stereocenters. The number of nitro benzene ring substituents is 2. The molecule has 22 heavy (non-hydrogen) atoms. The molecule has 0 aliphatic carbocycles. The lowest BCUT2D eigenvalue weighted by molar-refractivity contribution is -0.386. The first-order chi connectivity index (χ1) is 10.2. The lowest BCUT2D eigenvalue weighted by atomic mass is 10.0. The zero-order valence-electron chi connectivity index (χ0n) is 10.3. The van der Waals surface area contributed by atoms with E-state index in [2.05, 4.69) is 31.9 Å². The fourth-order valence-corrected chi connectivity index (χ4v) is 4.19. The minimum absolute atomic E-state index is 0.0877. The largest absolute Gasteiger partial charge is 0.285 e. The van der Waals surface area contributed by atoms with E-state index in [0.29, 0.717) is 18.3 Å². The summed E-state index contributed by atoms with van der Waals surface area (Å²) in [6.07, 6.45) is 0. The van der Waals surface area contributed by atoms with Gasteiger partial charge in [-0.2, -0.15) is 0 Å². The van der Waals surface area contributed by atoms with E-state index in [1.807, 2.05) is 45.2 Å². The van der Waals surface area contributed by atoms with Crippen LogP contribution in [0.2, 0.25) is 0 Å². The fourth-order valence-electron chi connectivity index (χ4n) is 1.81. The third kappa shape index (κ3) is 3.59. The summed E-state index contributed by atoms with van der Waals surface area (Å²) in [5.41, 5.74) is 0.866. The number of benzene rings is 2. The molecule has 0 spiro atoms. The second-order valence-electron chi connectivity index (χ2n) is 4.09. The van der Waals surface area contributed by atoms with E-state index in [1.54, 1.807) is 12.1 Å². The second-order valence-corrected chi connectivity index (χ2v) is 8.16. The Kier molecular flexibility index (Phi) is 5.77. The summed E-state index contributed by atoms with van der Waals surface area (Å²) in [5, 5.41) is 22.3. The first-order valence-corrected chi connectivity index (χ1v) is 9.24. The molecule has 0 bridgehead atoms. The molecule has 0 amide bonds. The molecule has 0 aliphatic heterocycles. The van der Waals surface area contributed by atoms with Gasteiger partial charge in [0.05, 0.1) is 9.85 Å². The van der Waals surface area contributed by atoms with Crippen molar-refractivity contribution in [2.45, 2.75) is 0 Å². The van der Waals surface area contributed by atoms with Crippen molar-refractivity contribution in [2.24, 2.45) is 0 Å². The van der Waals surface area contributed by atoms with Gasteiger partial charge in [-0.3, -0.25) is 20.2 Å². The van der Waals surface area contributed by atoms with Crippen LogP contribution in [0.4, 0.5) is 11.4 Å². The SMILES string of the molecule is O=[N+]([O-])c1cc(I)cc(-c2cc(I)cc([N+](=O)[O-])c2Br)c1Br. The van der Waals surface area contributed by atoms with Crippen molar-refractivity contribution in [1.82, 2.24) is 0 Å². The molecule has 2 aromatic carbocycles. The minimum Gasteiger partial charge on any atom is -0.258 e.